The van der Waals surface area contributed by atoms with Gasteiger partial charge in [-0.25, -0.2) is 0 Å². The standard InChI is InChI=1S/C14H30N2S/c1-4-6-8-16(9-7-5-2)14(11-15)10-13(3)17-12-14/h13H,4-12,15H2,1-3H3. The van der Waals surface area contributed by atoms with Gasteiger partial charge in [0.25, 0.3) is 0 Å². The smallest absolute Gasteiger partial charge is 0.0432 e. The van der Waals surface area contributed by atoms with Crippen molar-refractivity contribution in [3.05, 3.63) is 0 Å². The van der Waals surface area contributed by atoms with Crippen LogP contribution in [-0.2, 0) is 0 Å². The monoisotopic (exact) mass is 258 g/mol. The number of nitrogens with two attached hydrogens (primary N) is 1. The molecule has 102 valence electrons. The number of hydrogen-bond donors (Lipinski definition) is 1. The third-order valence-corrected chi connectivity index (χ3v) is 5.36. The van der Waals surface area contributed by atoms with Gasteiger partial charge in [-0.2, -0.15) is 11.8 Å². The Morgan fingerprint density at radius 2 is 1.82 bits per heavy atom. The molecule has 1 saturated heterocycles. The maximum atomic E-state index is 6.12. The third-order valence-electron chi connectivity index (χ3n) is 3.92. The summed E-state index contributed by atoms with van der Waals surface area (Å²) in [4.78, 5) is 2.70. The fourth-order valence-corrected chi connectivity index (χ4v) is 4.17. The van der Waals surface area contributed by atoms with Crippen LogP contribution in [0.3, 0.4) is 0 Å². The molecule has 0 amide bonds. The van der Waals surface area contributed by atoms with Crippen molar-refractivity contribution in [2.75, 3.05) is 25.4 Å². The van der Waals surface area contributed by atoms with Crippen molar-refractivity contribution in [3.8, 4) is 0 Å². The number of rotatable bonds is 8. The Kier molecular flexibility index (Phi) is 6.90. The average molecular weight is 258 g/mol. The van der Waals surface area contributed by atoms with Crippen molar-refractivity contribution in [3.63, 3.8) is 0 Å². The van der Waals surface area contributed by atoms with Crippen molar-refractivity contribution in [2.24, 2.45) is 5.73 Å². The van der Waals surface area contributed by atoms with Gasteiger partial charge < -0.3 is 5.73 Å². The lowest BCUT2D eigenvalue weighted by Gasteiger charge is -2.40. The highest BCUT2D eigenvalue weighted by atomic mass is 32.2. The van der Waals surface area contributed by atoms with Gasteiger partial charge in [-0.1, -0.05) is 33.6 Å². The minimum absolute atomic E-state index is 0.300. The van der Waals surface area contributed by atoms with Gasteiger partial charge >= 0.3 is 0 Å². The molecule has 17 heavy (non-hydrogen) atoms. The predicted octanol–water partition coefficient (Wildman–Crippen LogP) is 3.11. The molecule has 2 atom stereocenters. The Morgan fingerprint density at radius 3 is 2.18 bits per heavy atom. The summed E-state index contributed by atoms with van der Waals surface area (Å²) in [5.74, 6) is 1.23. The Bertz CT molecular complexity index is 202. The molecule has 1 rings (SSSR count). The topological polar surface area (TPSA) is 29.3 Å². The molecule has 2 nitrogen and oxygen atoms in total. The molecule has 1 aliphatic heterocycles. The maximum absolute atomic E-state index is 6.12. The summed E-state index contributed by atoms with van der Waals surface area (Å²) in [5, 5.41) is 0.782. The van der Waals surface area contributed by atoms with E-state index in [0.717, 1.165) is 11.8 Å². The van der Waals surface area contributed by atoms with Gasteiger partial charge in [0, 0.05) is 23.1 Å². The first-order chi connectivity index (χ1) is 8.18. The Labute approximate surface area is 112 Å². The number of hydrogen-bond acceptors (Lipinski definition) is 3. The van der Waals surface area contributed by atoms with Crippen LogP contribution < -0.4 is 5.73 Å². The van der Waals surface area contributed by atoms with E-state index < -0.39 is 0 Å². The van der Waals surface area contributed by atoms with E-state index >= 15 is 0 Å². The van der Waals surface area contributed by atoms with Gasteiger partial charge in [0.2, 0.25) is 0 Å². The molecular formula is C14H30N2S. The SMILES string of the molecule is CCCCN(CCCC)C1(CN)CSC(C)C1. The molecule has 0 spiro atoms. The molecule has 0 aromatic carbocycles. The molecule has 0 bridgehead atoms. The Balaban J connectivity index is 2.63. The normalized spacial score (nSPS) is 29.1. The predicted molar refractivity (Wildman–Crippen MR) is 79.7 cm³/mol. The molecule has 0 aromatic rings. The molecule has 1 aliphatic rings. The van der Waals surface area contributed by atoms with Gasteiger partial charge in [-0.15, -0.1) is 0 Å². The maximum Gasteiger partial charge on any atom is 0.0432 e. The van der Waals surface area contributed by atoms with Crippen LogP contribution in [-0.4, -0.2) is 41.1 Å². The van der Waals surface area contributed by atoms with Gasteiger partial charge in [0.15, 0.2) is 0 Å². The molecule has 0 aromatic heterocycles. The highest BCUT2D eigenvalue weighted by Crippen LogP contribution is 2.38. The van der Waals surface area contributed by atoms with Crippen LogP contribution in [0.2, 0.25) is 0 Å². The Morgan fingerprint density at radius 1 is 1.24 bits per heavy atom. The summed E-state index contributed by atoms with van der Waals surface area (Å²) in [6, 6.07) is 0. The lowest BCUT2D eigenvalue weighted by molar-refractivity contribution is 0.108. The summed E-state index contributed by atoms with van der Waals surface area (Å²) in [5.41, 5.74) is 6.42. The lowest BCUT2D eigenvalue weighted by atomic mass is 9.93. The van der Waals surface area contributed by atoms with Crippen LogP contribution in [0.15, 0.2) is 0 Å². The van der Waals surface area contributed by atoms with Crippen LogP contribution in [0.5, 0.6) is 0 Å². The van der Waals surface area contributed by atoms with Gasteiger partial charge in [0.1, 0.15) is 0 Å². The van der Waals surface area contributed by atoms with Gasteiger partial charge in [-0.3, -0.25) is 4.90 Å². The lowest BCUT2D eigenvalue weighted by Crippen LogP contribution is -2.55. The second kappa shape index (κ2) is 7.65. The highest BCUT2D eigenvalue weighted by molar-refractivity contribution is 8.00. The highest BCUT2D eigenvalue weighted by Gasteiger charge is 2.41. The number of unbranched alkanes of at least 4 members (excludes halogenated alkanes) is 2. The van der Waals surface area contributed by atoms with E-state index in [9.17, 15) is 0 Å². The second-order valence-corrected chi connectivity index (χ2v) is 6.88. The largest absolute Gasteiger partial charge is 0.329 e. The quantitative estimate of drug-likeness (QED) is 0.725. The van der Waals surface area contributed by atoms with Crippen LogP contribution in [0.4, 0.5) is 0 Å². The fourth-order valence-electron chi connectivity index (χ4n) is 2.73. The average Bonchev–Trinajstić information content (AvgIpc) is 2.72. The van der Waals surface area contributed by atoms with Crippen molar-refractivity contribution in [2.45, 2.75) is 63.7 Å². The van der Waals surface area contributed by atoms with Crippen molar-refractivity contribution >= 4 is 11.8 Å². The van der Waals surface area contributed by atoms with Crippen molar-refractivity contribution in [1.82, 2.24) is 4.90 Å². The molecule has 1 fully saturated rings. The van der Waals surface area contributed by atoms with Crippen molar-refractivity contribution < 1.29 is 0 Å². The van der Waals surface area contributed by atoms with E-state index in [-0.39, 0.29) is 0 Å². The molecule has 2 N–H and O–H groups in total. The summed E-state index contributed by atoms with van der Waals surface area (Å²) in [6.07, 6.45) is 6.47. The summed E-state index contributed by atoms with van der Waals surface area (Å²) >= 11 is 2.10. The number of nitrogens with zero attached hydrogens (tertiary/aromatic N) is 1. The van der Waals surface area contributed by atoms with E-state index in [1.54, 1.807) is 0 Å². The summed E-state index contributed by atoms with van der Waals surface area (Å²) in [6.45, 7) is 10.2. The zero-order valence-corrected chi connectivity index (χ0v) is 12.7. The van der Waals surface area contributed by atoms with Crippen LogP contribution >= 0.6 is 11.8 Å². The minimum atomic E-state index is 0.300. The third kappa shape index (κ3) is 4.15. The number of thioether (sulfide) groups is 1. The van der Waals surface area contributed by atoms with Crippen LogP contribution in [0.1, 0.15) is 52.9 Å². The van der Waals surface area contributed by atoms with Gasteiger partial charge in [-0.05, 0) is 32.4 Å². The van der Waals surface area contributed by atoms with Crippen molar-refractivity contribution in [1.29, 1.82) is 0 Å². The first-order valence-electron chi connectivity index (χ1n) is 7.25. The first-order valence-corrected chi connectivity index (χ1v) is 8.30. The molecule has 3 heteroatoms. The molecule has 2 unspecified atom stereocenters. The zero-order valence-electron chi connectivity index (χ0n) is 11.9. The van der Waals surface area contributed by atoms with E-state index in [0.29, 0.717) is 5.54 Å². The Hall–Kier alpha value is 0.270. The minimum Gasteiger partial charge on any atom is -0.329 e. The van der Waals surface area contributed by atoms with Gasteiger partial charge in [0.05, 0.1) is 0 Å². The zero-order chi connectivity index (χ0) is 12.7. The summed E-state index contributed by atoms with van der Waals surface area (Å²) < 4.78 is 0. The molecule has 0 saturated carbocycles. The molecular weight excluding hydrogens is 228 g/mol. The van der Waals surface area contributed by atoms with Crippen LogP contribution in [0, 0.1) is 0 Å². The molecule has 0 aliphatic carbocycles. The molecule has 0 radical (unpaired) electrons. The van der Waals surface area contributed by atoms with E-state index in [4.69, 9.17) is 5.73 Å². The molecule has 1 heterocycles. The van der Waals surface area contributed by atoms with Crippen LogP contribution in [0.25, 0.3) is 0 Å². The first kappa shape index (κ1) is 15.3. The van der Waals surface area contributed by atoms with E-state index in [1.165, 1.54) is 50.9 Å². The van der Waals surface area contributed by atoms with E-state index in [2.05, 4.69) is 37.4 Å². The second-order valence-electron chi connectivity index (χ2n) is 5.45. The van der Waals surface area contributed by atoms with E-state index in [1.807, 2.05) is 0 Å². The fraction of sp³-hybridized carbons (Fsp3) is 1.00. The summed E-state index contributed by atoms with van der Waals surface area (Å²) in [7, 11) is 0.